The van der Waals surface area contributed by atoms with Gasteiger partial charge in [-0.15, -0.1) is 0 Å². The number of likely N-dealkylation sites (tertiary alicyclic amines) is 1. The monoisotopic (exact) mass is 525 g/mol. The zero-order valence-corrected chi connectivity index (χ0v) is 20.9. The van der Waals surface area contributed by atoms with E-state index >= 15 is 0 Å². The number of piperidine rings is 1. The minimum Gasteiger partial charge on any atom is -0.490 e. The topological polar surface area (TPSA) is 75.9 Å². The minimum atomic E-state index is -0.211. The van der Waals surface area contributed by atoms with Crippen LogP contribution in [0.25, 0.3) is 0 Å². The highest BCUT2D eigenvalue weighted by Crippen LogP contribution is 2.28. The Labute approximate surface area is 207 Å². The summed E-state index contributed by atoms with van der Waals surface area (Å²) in [5, 5.41) is 3.83. The van der Waals surface area contributed by atoms with Crippen LogP contribution in [0.1, 0.15) is 34.7 Å². The van der Waals surface area contributed by atoms with Crippen molar-refractivity contribution in [3.8, 4) is 5.75 Å². The SMILES string of the molecule is Cc1cc(C(=O)N2CC[C@H](Oc3cccc(Br)c3)[C@@H](CC(=O)N(C)Cc3ccccc3)C2)on1. The summed E-state index contributed by atoms with van der Waals surface area (Å²) in [5.41, 5.74) is 1.73. The summed E-state index contributed by atoms with van der Waals surface area (Å²) in [5.74, 6) is 0.597. The van der Waals surface area contributed by atoms with Crippen LogP contribution in [0.3, 0.4) is 0 Å². The number of ether oxygens (including phenoxy) is 1. The van der Waals surface area contributed by atoms with Crippen molar-refractivity contribution in [2.24, 2.45) is 5.92 Å². The van der Waals surface area contributed by atoms with E-state index in [1.165, 1.54) is 0 Å². The number of carbonyl (C=O) groups is 2. The fraction of sp³-hybridized carbons (Fsp3) is 0.346. The van der Waals surface area contributed by atoms with E-state index < -0.39 is 0 Å². The number of benzene rings is 2. The molecule has 2 heterocycles. The lowest BCUT2D eigenvalue weighted by Crippen LogP contribution is -2.49. The fourth-order valence-corrected chi connectivity index (χ4v) is 4.59. The van der Waals surface area contributed by atoms with Crippen molar-refractivity contribution in [3.63, 3.8) is 0 Å². The summed E-state index contributed by atoms with van der Waals surface area (Å²) in [4.78, 5) is 29.6. The molecule has 3 aromatic rings. The normalized spacial score (nSPS) is 17.9. The summed E-state index contributed by atoms with van der Waals surface area (Å²) in [6.07, 6.45) is 0.705. The van der Waals surface area contributed by atoms with Crippen molar-refractivity contribution in [2.45, 2.75) is 32.4 Å². The molecule has 1 saturated heterocycles. The number of nitrogens with zero attached hydrogens (tertiary/aromatic N) is 3. The van der Waals surface area contributed by atoms with E-state index in [4.69, 9.17) is 9.26 Å². The first-order chi connectivity index (χ1) is 16.4. The number of hydrogen-bond donors (Lipinski definition) is 0. The van der Waals surface area contributed by atoms with Gasteiger partial charge in [-0.2, -0.15) is 0 Å². The fourth-order valence-electron chi connectivity index (χ4n) is 4.21. The second kappa shape index (κ2) is 10.9. The molecule has 7 nitrogen and oxygen atoms in total. The van der Waals surface area contributed by atoms with Crippen molar-refractivity contribution in [1.82, 2.24) is 15.0 Å². The first-order valence-electron chi connectivity index (χ1n) is 11.3. The number of aryl methyl sites for hydroxylation is 1. The van der Waals surface area contributed by atoms with E-state index in [9.17, 15) is 9.59 Å². The van der Waals surface area contributed by atoms with E-state index in [1.807, 2.05) is 61.6 Å². The highest BCUT2D eigenvalue weighted by Gasteiger charge is 2.36. The molecule has 0 bridgehead atoms. The third-order valence-corrected chi connectivity index (χ3v) is 6.49. The molecule has 0 unspecified atom stereocenters. The summed E-state index contributed by atoms with van der Waals surface area (Å²) >= 11 is 3.48. The molecule has 2 aromatic carbocycles. The van der Waals surface area contributed by atoms with Crippen LogP contribution in [0, 0.1) is 12.8 Å². The van der Waals surface area contributed by atoms with Crippen molar-refractivity contribution in [1.29, 1.82) is 0 Å². The number of aromatic nitrogens is 1. The Hall–Kier alpha value is -3.13. The lowest BCUT2D eigenvalue weighted by atomic mass is 9.90. The van der Waals surface area contributed by atoms with Gasteiger partial charge in [0.25, 0.3) is 5.91 Å². The average molecular weight is 526 g/mol. The van der Waals surface area contributed by atoms with E-state index in [2.05, 4.69) is 21.1 Å². The van der Waals surface area contributed by atoms with Crippen LogP contribution in [0.5, 0.6) is 5.75 Å². The summed E-state index contributed by atoms with van der Waals surface area (Å²) in [7, 11) is 1.81. The Bertz CT molecular complexity index is 1130. The molecule has 8 heteroatoms. The van der Waals surface area contributed by atoms with Gasteiger partial charge >= 0.3 is 0 Å². The van der Waals surface area contributed by atoms with Gasteiger partial charge in [0.05, 0.1) is 5.69 Å². The number of rotatable bonds is 7. The molecule has 0 N–H and O–H groups in total. The van der Waals surface area contributed by atoms with Crippen molar-refractivity contribution >= 4 is 27.7 Å². The van der Waals surface area contributed by atoms with Gasteiger partial charge in [-0.05, 0) is 30.7 Å². The molecule has 1 aliphatic heterocycles. The van der Waals surface area contributed by atoms with Gasteiger partial charge in [-0.3, -0.25) is 9.59 Å². The largest absolute Gasteiger partial charge is 0.490 e. The number of hydrogen-bond acceptors (Lipinski definition) is 5. The van der Waals surface area contributed by atoms with Gasteiger partial charge in [0.15, 0.2) is 0 Å². The molecule has 4 rings (SSSR count). The van der Waals surface area contributed by atoms with E-state index in [0.29, 0.717) is 31.7 Å². The smallest absolute Gasteiger partial charge is 0.292 e. The molecule has 1 fully saturated rings. The lowest BCUT2D eigenvalue weighted by molar-refractivity contribution is -0.133. The molecule has 0 saturated carbocycles. The summed E-state index contributed by atoms with van der Waals surface area (Å²) < 4.78 is 12.4. The Balaban J connectivity index is 1.48. The Morgan fingerprint density at radius 3 is 2.68 bits per heavy atom. The van der Waals surface area contributed by atoms with Crippen LogP contribution >= 0.6 is 15.9 Å². The molecule has 1 aromatic heterocycles. The van der Waals surface area contributed by atoms with E-state index in [-0.39, 0.29) is 36.0 Å². The highest BCUT2D eigenvalue weighted by atomic mass is 79.9. The van der Waals surface area contributed by atoms with E-state index in [1.54, 1.807) is 22.8 Å². The lowest BCUT2D eigenvalue weighted by Gasteiger charge is -2.38. The molecule has 0 radical (unpaired) electrons. The van der Waals surface area contributed by atoms with Crippen molar-refractivity contribution in [3.05, 3.63) is 82.2 Å². The predicted molar refractivity (Wildman–Crippen MR) is 131 cm³/mol. The van der Waals surface area contributed by atoms with Gasteiger partial charge < -0.3 is 19.1 Å². The number of amides is 2. The third kappa shape index (κ3) is 6.05. The third-order valence-electron chi connectivity index (χ3n) is 6.00. The molecular weight excluding hydrogens is 498 g/mol. The maximum absolute atomic E-state index is 13.1. The van der Waals surface area contributed by atoms with Crippen LogP contribution in [-0.4, -0.2) is 53.0 Å². The first kappa shape index (κ1) is 24.0. The van der Waals surface area contributed by atoms with Crippen LogP contribution in [-0.2, 0) is 11.3 Å². The Kier molecular flexibility index (Phi) is 7.67. The maximum atomic E-state index is 13.1. The number of halogens is 1. The zero-order valence-electron chi connectivity index (χ0n) is 19.3. The van der Waals surface area contributed by atoms with Crippen LogP contribution in [0.15, 0.2) is 69.7 Å². The van der Waals surface area contributed by atoms with Crippen LogP contribution in [0.4, 0.5) is 0 Å². The molecule has 0 spiro atoms. The molecule has 2 amide bonds. The van der Waals surface area contributed by atoms with Gasteiger partial charge in [0, 0.05) is 56.0 Å². The first-order valence-corrected chi connectivity index (χ1v) is 12.1. The second-order valence-electron chi connectivity index (χ2n) is 8.69. The highest BCUT2D eigenvalue weighted by molar-refractivity contribution is 9.10. The molecule has 34 heavy (non-hydrogen) atoms. The van der Waals surface area contributed by atoms with E-state index in [0.717, 1.165) is 15.8 Å². The Morgan fingerprint density at radius 2 is 1.97 bits per heavy atom. The predicted octanol–water partition coefficient (Wildman–Crippen LogP) is 4.70. The standard InChI is InChI=1S/C26H28BrN3O4/c1-18-13-24(34-28-18)26(32)30-12-11-23(33-22-10-6-9-21(27)15-22)20(17-30)14-25(31)29(2)16-19-7-4-3-5-8-19/h3-10,13,15,20,23H,11-12,14,16-17H2,1-2H3/t20-,23-/m0/s1. The molecule has 1 aliphatic rings. The Morgan fingerprint density at radius 1 is 1.18 bits per heavy atom. The minimum absolute atomic E-state index is 0.0153. The quantitative estimate of drug-likeness (QED) is 0.446. The zero-order chi connectivity index (χ0) is 24.1. The van der Waals surface area contributed by atoms with Gasteiger partial charge in [0.2, 0.25) is 11.7 Å². The molecular formula is C26H28BrN3O4. The number of carbonyl (C=O) groups excluding carboxylic acids is 2. The summed E-state index contributed by atoms with van der Waals surface area (Å²) in [6.45, 7) is 3.23. The molecule has 178 valence electrons. The average Bonchev–Trinajstić information content (AvgIpc) is 3.26. The van der Waals surface area contributed by atoms with Gasteiger partial charge in [-0.25, -0.2) is 0 Å². The summed E-state index contributed by atoms with van der Waals surface area (Å²) in [6, 6.07) is 19.2. The van der Waals surface area contributed by atoms with Crippen molar-refractivity contribution < 1.29 is 18.8 Å². The van der Waals surface area contributed by atoms with Gasteiger partial charge in [0.1, 0.15) is 11.9 Å². The molecule has 0 aliphatic carbocycles. The van der Waals surface area contributed by atoms with Gasteiger partial charge in [-0.1, -0.05) is 57.5 Å². The van der Waals surface area contributed by atoms with Crippen LogP contribution < -0.4 is 4.74 Å². The second-order valence-corrected chi connectivity index (χ2v) is 9.60. The maximum Gasteiger partial charge on any atom is 0.292 e. The van der Waals surface area contributed by atoms with Crippen LogP contribution in [0.2, 0.25) is 0 Å². The van der Waals surface area contributed by atoms with Crippen molar-refractivity contribution in [2.75, 3.05) is 20.1 Å². The molecule has 2 atom stereocenters.